The van der Waals surface area contributed by atoms with Gasteiger partial charge in [0, 0.05) is 34.3 Å². The Morgan fingerprint density at radius 1 is 1.17 bits per heavy atom. The molecule has 2 aromatic carbocycles. The first kappa shape index (κ1) is 25.3. The van der Waals surface area contributed by atoms with Crippen LogP contribution in [0.25, 0.3) is 10.9 Å². The third-order valence-electron chi connectivity index (χ3n) is 5.59. The molecule has 35 heavy (non-hydrogen) atoms. The number of halogens is 3. The SMILES string of the molecule is O=C(C=CCN1CCCCC1)Nc1cc2c(Nc3ccc(F)c(Cl)c3)ncnc2cc1SCCF. The molecule has 0 aliphatic carbocycles. The van der Waals surface area contributed by atoms with Gasteiger partial charge in [0.2, 0.25) is 5.91 Å². The number of aromatic nitrogens is 2. The Morgan fingerprint density at radius 2 is 2.00 bits per heavy atom. The number of hydrogen-bond acceptors (Lipinski definition) is 6. The van der Waals surface area contributed by atoms with Crippen LogP contribution in [-0.2, 0) is 4.79 Å². The van der Waals surface area contributed by atoms with Crippen molar-refractivity contribution in [1.29, 1.82) is 0 Å². The average Bonchev–Trinajstić information content (AvgIpc) is 2.86. The third-order valence-corrected chi connectivity index (χ3v) is 6.89. The molecule has 2 N–H and O–H groups in total. The summed E-state index contributed by atoms with van der Waals surface area (Å²) in [6.07, 6.45) is 8.44. The number of nitrogens with one attached hydrogen (secondary N) is 2. The van der Waals surface area contributed by atoms with E-state index in [2.05, 4.69) is 25.5 Å². The van der Waals surface area contributed by atoms with Crippen molar-refractivity contribution in [3.8, 4) is 0 Å². The van der Waals surface area contributed by atoms with Gasteiger partial charge < -0.3 is 10.6 Å². The highest BCUT2D eigenvalue weighted by atomic mass is 35.5. The van der Waals surface area contributed by atoms with Gasteiger partial charge >= 0.3 is 0 Å². The van der Waals surface area contributed by atoms with E-state index < -0.39 is 12.5 Å². The van der Waals surface area contributed by atoms with Crippen LogP contribution in [0.3, 0.4) is 0 Å². The molecule has 1 fully saturated rings. The van der Waals surface area contributed by atoms with Gasteiger partial charge in [-0.2, -0.15) is 0 Å². The van der Waals surface area contributed by atoms with E-state index in [1.807, 2.05) is 6.08 Å². The van der Waals surface area contributed by atoms with Crippen molar-refractivity contribution in [3.63, 3.8) is 0 Å². The molecule has 0 spiro atoms. The van der Waals surface area contributed by atoms with Crippen LogP contribution in [-0.4, -0.2) is 52.8 Å². The number of rotatable bonds is 9. The number of nitrogens with zero attached hydrogens (tertiary/aromatic N) is 3. The van der Waals surface area contributed by atoms with Crippen LogP contribution in [0.15, 0.2) is 53.7 Å². The number of fused-ring (bicyclic) bond motifs is 1. The van der Waals surface area contributed by atoms with Gasteiger partial charge in [-0.15, -0.1) is 11.8 Å². The zero-order chi connectivity index (χ0) is 24.6. The highest BCUT2D eigenvalue weighted by Gasteiger charge is 2.13. The van der Waals surface area contributed by atoms with Gasteiger partial charge in [-0.25, -0.2) is 14.4 Å². The molecule has 1 aromatic heterocycles. The van der Waals surface area contributed by atoms with Gasteiger partial charge in [-0.05, 0) is 56.3 Å². The summed E-state index contributed by atoms with van der Waals surface area (Å²) < 4.78 is 26.4. The normalized spacial score (nSPS) is 14.5. The Balaban J connectivity index is 1.58. The van der Waals surface area contributed by atoms with Crippen molar-refractivity contribution in [3.05, 3.63) is 59.7 Å². The minimum absolute atomic E-state index is 0.0115. The molecule has 0 atom stereocenters. The first-order valence-electron chi connectivity index (χ1n) is 11.4. The zero-order valence-electron chi connectivity index (χ0n) is 19.1. The van der Waals surface area contributed by atoms with Crippen LogP contribution in [0.4, 0.5) is 26.0 Å². The molecular weight excluding hydrogens is 492 g/mol. The molecule has 0 bridgehead atoms. The maximum absolute atomic E-state index is 13.5. The minimum atomic E-state index is -0.516. The molecular formula is C25H26ClF2N5OS. The fraction of sp³-hybridized carbons (Fsp3) is 0.320. The number of anilines is 3. The minimum Gasteiger partial charge on any atom is -0.340 e. The summed E-state index contributed by atoms with van der Waals surface area (Å²) in [5, 5.41) is 6.68. The Morgan fingerprint density at radius 3 is 2.77 bits per heavy atom. The molecule has 4 rings (SSSR count). The van der Waals surface area contributed by atoms with E-state index in [0.717, 1.165) is 19.6 Å². The van der Waals surface area contributed by atoms with E-state index >= 15 is 0 Å². The van der Waals surface area contributed by atoms with E-state index in [-0.39, 0.29) is 16.7 Å². The molecule has 2 heterocycles. The number of likely N-dealkylation sites (tertiary alicyclic amines) is 1. The largest absolute Gasteiger partial charge is 0.340 e. The maximum Gasteiger partial charge on any atom is 0.248 e. The lowest BCUT2D eigenvalue weighted by Gasteiger charge is -2.24. The van der Waals surface area contributed by atoms with Crippen molar-refractivity contribution in [2.75, 3.05) is 42.7 Å². The zero-order valence-corrected chi connectivity index (χ0v) is 20.6. The van der Waals surface area contributed by atoms with Crippen LogP contribution < -0.4 is 10.6 Å². The summed E-state index contributed by atoms with van der Waals surface area (Å²) in [5.41, 5.74) is 1.72. The van der Waals surface area contributed by atoms with Gasteiger partial charge in [-0.1, -0.05) is 24.1 Å². The van der Waals surface area contributed by atoms with Crippen LogP contribution in [0, 0.1) is 5.82 Å². The highest BCUT2D eigenvalue weighted by Crippen LogP contribution is 2.34. The Hall–Kier alpha value is -2.75. The van der Waals surface area contributed by atoms with Crippen molar-refractivity contribution in [2.24, 2.45) is 0 Å². The summed E-state index contributed by atoms with van der Waals surface area (Å²) >= 11 is 7.21. The summed E-state index contributed by atoms with van der Waals surface area (Å²) in [6, 6.07) is 7.84. The summed E-state index contributed by atoms with van der Waals surface area (Å²) in [5.74, 6) is -0.0580. The molecule has 6 nitrogen and oxygen atoms in total. The third kappa shape index (κ3) is 6.90. The van der Waals surface area contributed by atoms with Gasteiger partial charge in [0.05, 0.1) is 22.9 Å². The van der Waals surface area contributed by atoms with Crippen molar-refractivity contribution in [1.82, 2.24) is 14.9 Å². The second kappa shape index (κ2) is 12.3. The number of hydrogen-bond donors (Lipinski definition) is 2. The van der Waals surface area contributed by atoms with E-state index in [4.69, 9.17) is 11.6 Å². The lowest BCUT2D eigenvalue weighted by molar-refractivity contribution is -0.111. The average molecular weight is 518 g/mol. The molecule has 0 unspecified atom stereocenters. The van der Waals surface area contributed by atoms with Gasteiger partial charge in [0.1, 0.15) is 18.0 Å². The molecule has 3 aromatic rings. The Bertz CT molecular complexity index is 1220. The van der Waals surface area contributed by atoms with Crippen LogP contribution in [0.1, 0.15) is 19.3 Å². The number of carbonyl (C=O) groups is 1. The van der Waals surface area contributed by atoms with Crippen LogP contribution in [0.5, 0.6) is 0 Å². The summed E-state index contributed by atoms with van der Waals surface area (Å²) in [6.45, 7) is 2.34. The molecule has 1 aliphatic rings. The van der Waals surface area contributed by atoms with Gasteiger partial charge in [0.15, 0.2) is 0 Å². The molecule has 1 amide bonds. The summed E-state index contributed by atoms with van der Waals surface area (Å²) in [7, 11) is 0. The van der Waals surface area contributed by atoms with E-state index in [1.165, 1.54) is 55.6 Å². The van der Waals surface area contributed by atoms with Gasteiger partial charge in [-0.3, -0.25) is 14.1 Å². The first-order valence-corrected chi connectivity index (χ1v) is 12.8. The smallest absolute Gasteiger partial charge is 0.248 e. The van der Waals surface area contributed by atoms with Crippen molar-refractivity contribution >= 4 is 57.4 Å². The quantitative estimate of drug-likeness (QED) is 0.260. The Kier molecular flexibility index (Phi) is 8.90. The fourth-order valence-electron chi connectivity index (χ4n) is 3.88. The Labute approximate surface area is 212 Å². The number of piperidine rings is 1. The van der Waals surface area contributed by atoms with Crippen LogP contribution in [0.2, 0.25) is 5.02 Å². The second-order valence-corrected chi connectivity index (χ2v) is 9.68. The number of alkyl halides is 1. The summed E-state index contributed by atoms with van der Waals surface area (Å²) in [4.78, 5) is 24.3. The number of thioether (sulfide) groups is 1. The second-order valence-electron chi connectivity index (χ2n) is 8.13. The highest BCUT2D eigenvalue weighted by molar-refractivity contribution is 7.99. The van der Waals surface area contributed by atoms with E-state index in [1.54, 1.807) is 18.2 Å². The molecule has 1 aliphatic heterocycles. The standard InChI is InChI=1S/C25H26ClF2N5OS/c26-19-13-17(6-7-20(19)28)31-25-18-14-22(23(35-12-8-27)15-21(18)29-16-30-25)32-24(34)5-4-11-33-9-2-1-3-10-33/h4-7,13-16H,1-3,8-12H2,(H,32,34)(H,29,30,31). The number of carbonyl (C=O) groups excluding carboxylic acids is 1. The van der Waals surface area contributed by atoms with E-state index in [0.29, 0.717) is 33.0 Å². The fourth-order valence-corrected chi connectivity index (χ4v) is 4.82. The monoisotopic (exact) mass is 517 g/mol. The lowest BCUT2D eigenvalue weighted by Crippen LogP contribution is -2.29. The molecule has 184 valence electrons. The first-order chi connectivity index (χ1) is 17.0. The van der Waals surface area contributed by atoms with Crippen molar-refractivity contribution < 1.29 is 13.6 Å². The predicted octanol–water partition coefficient (Wildman–Crippen LogP) is 6.21. The molecule has 10 heteroatoms. The lowest BCUT2D eigenvalue weighted by atomic mass is 10.1. The maximum atomic E-state index is 13.5. The van der Waals surface area contributed by atoms with E-state index in [9.17, 15) is 13.6 Å². The number of amides is 1. The van der Waals surface area contributed by atoms with Gasteiger partial charge in [0.25, 0.3) is 0 Å². The topological polar surface area (TPSA) is 70.2 Å². The van der Waals surface area contributed by atoms with Crippen molar-refractivity contribution in [2.45, 2.75) is 24.2 Å². The predicted molar refractivity (Wildman–Crippen MR) is 139 cm³/mol. The number of benzene rings is 2. The molecule has 1 saturated heterocycles. The molecule has 0 radical (unpaired) electrons. The van der Waals surface area contributed by atoms with Crippen LogP contribution >= 0.6 is 23.4 Å². The molecule has 0 saturated carbocycles.